The number of nitrogens with zero attached hydrogens (tertiary/aromatic N) is 2. The smallest absolute Gasteiger partial charge is 0.264 e. The van der Waals surface area contributed by atoms with Gasteiger partial charge in [0.25, 0.3) is 6.71 Å². The van der Waals surface area contributed by atoms with Gasteiger partial charge < -0.3 is 9.80 Å². The van der Waals surface area contributed by atoms with E-state index in [9.17, 15) is 0 Å². The molecule has 0 N–H and O–H groups in total. The van der Waals surface area contributed by atoms with E-state index in [2.05, 4.69) is 212 Å². The van der Waals surface area contributed by atoms with Gasteiger partial charge in [0, 0.05) is 43.3 Å². The molecule has 4 heteroatoms. The number of anilines is 6. The summed E-state index contributed by atoms with van der Waals surface area (Å²) in [6.07, 6.45) is 2.40. The predicted octanol–water partition coefficient (Wildman–Crippen LogP) is 14.8. The van der Waals surface area contributed by atoms with E-state index in [0.29, 0.717) is 0 Å². The van der Waals surface area contributed by atoms with Crippen LogP contribution in [-0.2, 0) is 32.5 Å². The maximum Gasteiger partial charge on any atom is 0.264 e. The largest absolute Gasteiger partial charge is 0.311 e. The lowest BCUT2D eigenvalue weighted by atomic mass is 9.36. The molecule has 6 aromatic rings. The molecule has 0 spiro atoms. The van der Waals surface area contributed by atoms with Crippen LogP contribution in [0.4, 0.5) is 34.1 Å². The Bertz CT molecular complexity index is 2750. The van der Waals surface area contributed by atoms with Crippen LogP contribution in [0.25, 0.3) is 10.1 Å². The molecule has 2 aliphatic heterocycles. The van der Waals surface area contributed by atoms with E-state index in [4.69, 9.17) is 0 Å². The maximum atomic E-state index is 2.69. The third-order valence-corrected chi connectivity index (χ3v) is 15.9. The number of hydrogen-bond acceptors (Lipinski definition) is 3. The summed E-state index contributed by atoms with van der Waals surface area (Å²) in [5, 5.41) is 1.39. The second-order valence-electron chi connectivity index (χ2n) is 24.3. The van der Waals surface area contributed by atoms with E-state index >= 15 is 0 Å². The molecule has 2 nitrogen and oxygen atoms in total. The van der Waals surface area contributed by atoms with E-state index in [-0.39, 0.29) is 39.2 Å². The van der Waals surface area contributed by atoms with Crippen LogP contribution in [0.15, 0.2) is 84.9 Å². The number of benzene rings is 5. The van der Waals surface area contributed by atoms with Crippen molar-refractivity contribution in [2.24, 2.45) is 0 Å². The Hall–Kier alpha value is -4.28. The summed E-state index contributed by atoms with van der Waals surface area (Å²) in [7, 11) is 0. The zero-order valence-electron chi connectivity index (χ0n) is 40.4. The fourth-order valence-corrected chi connectivity index (χ4v) is 11.8. The maximum absolute atomic E-state index is 2.69. The minimum absolute atomic E-state index is 0.00194. The van der Waals surface area contributed by atoms with Crippen LogP contribution in [0, 0.1) is 6.92 Å². The lowest BCUT2D eigenvalue weighted by Gasteiger charge is -2.45. The van der Waals surface area contributed by atoms with Crippen molar-refractivity contribution in [3.8, 4) is 0 Å². The summed E-state index contributed by atoms with van der Waals surface area (Å²) in [6.45, 7) is 40.4. The highest BCUT2D eigenvalue weighted by atomic mass is 32.1. The summed E-state index contributed by atoms with van der Waals surface area (Å²) in [6, 6.07) is 34.6. The van der Waals surface area contributed by atoms with Gasteiger partial charge in [0.2, 0.25) is 0 Å². The Morgan fingerprint density at radius 2 is 1.00 bits per heavy atom. The van der Waals surface area contributed by atoms with Gasteiger partial charge in [-0.1, -0.05) is 147 Å². The number of hydrogen-bond donors (Lipinski definition) is 0. The Kier molecular flexibility index (Phi) is 9.22. The average Bonchev–Trinajstić information content (AvgIpc) is 3.53. The molecule has 3 aliphatic rings. The molecule has 9 rings (SSSR count). The topological polar surface area (TPSA) is 6.48 Å². The molecule has 0 radical (unpaired) electrons. The molecule has 1 aromatic heterocycles. The Balaban J connectivity index is 1.44. The van der Waals surface area contributed by atoms with Gasteiger partial charge in [-0.05, 0) is 151 Å². The van der Waals surface area contributed by atoms with Crippen LogP contribution in [0.1, 0.15) is 163 Å². The number of aryl methyl sites for hydroxylation is 1. The summed E-state index contributed by atoms with van der Waals surface area (Å²) >= 11 is 2.05. The first-order valence-electron chi connectivity index (χ1n) is 22.9. The highest BCUT2D eigenvalue weighted by Crippen LogP contribution is 2.53. The van der Waals surface area contributed by atoms with Gasteiger partial charge in [-0.3, -0.25) is 0 Å². The summed E-state index contributed by atoms with van der Waals surface area (Å²) in [5.41, 5.74) is 20.6. The van der Waals surface area contributed by atoms with Crippen molar-refractivity contribution in [3.05, 3.63) is 124 Å². The lowest BCUT2D eigenvalue weighted by molar-refractivity contribution is 0.332. The van der Waals surface area contributed by atoms with E-state index in [0.717, 1.165) is 0 Å². The van der Waals surface area contributed by atoms with E-state index in [1.165, 1.54) is 112 Å². The molecular weight excluding hydrogens is 756 g/mol. The Labute approximate surface area is 372 Å². The fourth-order valence-electron chi connectivity index (χ4n) is 10.5. The first-order valence-corrected chi connectivity index (χ1v) is 23.7. The van der Waals surface area contributed by atoms with Crippen molar-refractivity contribution in [3.63, 3.8) is 0 Å². The third-order valence-electron chi connectivity index (χ3n) is 14.7. The molecular formula is C57H69BN2S. The molecule has 0 saturated heterocycles. The quantitative estimate of drug-likeness (QED) is 0.160. The zero-order chi connectivity index (χ0) is 44.1. The first kappa shape index (κ1) is 42.0. The Morgan fingerprint density at radius 3 is 1.54 bits per heavy atom. The van der Waals surface area contributed by atoms with E-state index in [1.54, 1.807) is 0 Å². The standard InChI is InChI=1S/C57H69BN2S/c1-34-28-36(53(5,6)7)20-24-44(34)60-45-25-21-37(54(8,9)10)29-43(45)58-49-46(30-38(31-47(49)60)55(11,12)13)59(39-22-18-35(19-23-39)52(2,3)4)50-40-32-41-42(33-48(40)61-51(50)58)57(16,17)27-26-56(41,14)15/h18-25,28-33H,26-27H2,1-17H3. The number of rotatable bonds is 2. The van der Waals surface area contributed by atoms with Crippen molar-refractivity contribution in [2.75, 3.05) is 9.80 Å². The molecule has 0 saturated carbocycles. The highest BCUT2D eigenvalue weighted by molar-refractivity contribution is 7.33. The van der Waals surface area contributed by atoms with Gasteiger partial charge in [-0.25, -0.2) is 0 Å². The number of fused-ring (bicyclic) bond motifs is 7. The first-order chi connectivity index (χ1) is 28.2. The molecule has 0 bridgehead atoms. The van der Waals surface area contributed by atoms with Crippen LogP contribution in [-0.4, -0.2) is 6.71 Å². The molecule has 316 valence electrons. The minimum atomic E-state index is -0.0817. The molecule has 3 heterocycles. The SMILES string of the molecule is Cc1cc(C(C)(C)C)ccc1N1c2ccc(C(C)(C)C)cc2B2c3sc4cc5c(cc4c3N(c3ccc(C(C)(C)C)cc3)c3cc(C(C)(C)C)cc1c32)C(C)(C)CCC5(C)C. The molecule has 0 amide bonds. The Morgan fingerprint density at radius 1 is 0.508 bits per heavy atom. The average molecular weight is 825 g/mol. The number of thiophene rings is 1. The summed E-state index contributed by atoms with van der Waals surface area (Å²) in [4.78, 5) is 5.32. The fraction of sp³-hybridized carbons (Fsp3) is 0.439. The molecule has 0 atom stereocenters. The lowest BCUT2D eigenvalue weighted by Crippen LogP contribution is -2.60. The third kappa shape index (κ3) is 6.72. The van der Waals surface area contributed by atoms with E-state index < -0.39 is 0 Å². The normalized spacial score (nSPS) is 17.0. The van der Waals surface area contributed by atoms with Crippen molar-refractivity contribution >= 4 is 78.0 Å². The van der Waals surface area contributed by atoms with Gasteiger partial charge in [-0.2, -0.15) is 0 Å². The van der Waals surface area contributed by atoms with Crippen LogP contribution in [0.2, 0.25) is 0 Å². The summed E-state index contributed by atoms with van der Waals surface area (Å²) in [5.74, 6) is 0. The van der Waals surface area contributed by atoms with Crippen LogP contribution >= 0.6 is 11.3 Å². The second kappa shape index (κ2) is 13.4. The molecule has 5 aromatic carbocycles. The van der Waals surface area contributed by atoms with Crippen molar-refractivity contribution in [1.82, 2.24) is 0 Å². The zero-order valence-corrected chi connectivity index (χ0v) is 41.2. The molecule has 0 unspecified atom stereocenters. The van der Waals surface area contributed by atoms with Crippen LogP contribution in [0.3, 0.4) is 0 Å². The monoisotopic (exact) mass is 825 g/mol. The summed E-state index contributed by atoms with van der Waals surface area (Å²) < 4.78 is 2.86. The molecule has 0 fully saturated rings. The van der Waals surface area contributed by atoms with Crippen molar-refractivity contribution in [1.29, 1.82) is 0 Å². The van der Waals surface area contributed by atoms with Gasteiger partial charge in [0.1, 0.15) is 0 Å². The highest BCUT2D eigenvalue weighted by Gasteiger charge is 2.47. The van der Waals surface area contributed by atoms with Crippen LogP contribution < -0.4 is 25.5 Å². The van der Waals surface area contributed by atoms with Crippen molar-refractivity contribution < 1.29 is 0 Å². The van der Waals surface area contributed by atoms with E-state index in [1.807, 2.05) is 11.3 Å². The van der Waals surface area contributed by atoms with Crippen molar-refractivity contribution in [2.45, 2.75) is 163 Å². The van der Waals surface area contributed by atoms with Gasteiger partial charge in [0.15, 0.2) is 0 Å². The van der Waals surface area contributed by atoms with Gasteiger partial charge in [-0.15, -0.1) is 11.3 Å². The predicted molar refractivity (Wildman–Crippen MR) is 271 cm³/mol. The molecule has 61 heavy (non-hydrogen) atoms. The minimum Gasteiger partial charge on any atom is -0.311 e. The van der Waals surface area contributed by atoms with Gasteiger partial charge in [0.05, 0.1) is 5.69 Å². The molecule has 1 aliphatic carbocycles. The van der Waals surface area contributed by atoms with Gasteiger partial charge >= 0.3 is 0 Å². The second-order valence-corrected chi connectivity index (χ2v) is 25.4. The van der Waals surface area contributed by atoms with Crippen LogP contribution in [0.5, 0.6) is 0 Å².